The van der Waals surface area contributed by atoms with Crippen molar-refractivity contribution in [2.75, 3.05) is 20.8 Å². The minimum atomic E-state index is -0.0620. The van der Waals surface area contributed by atoms with Crippen molar-refractivity contribution in [1.82, 2.24) is 14.9 Å². The smallest absolute Gasteiger partial charge is 0.255 e. The fourth-order valence-electron chi connectivity index (χ4n) is 3.26. The number of nitrogens with one attached hydrogen (secondary N) is 1. The van der Waals surface area contributed by atoms with Crippen LogP contribution in [0.4, 0.5) is 0 Å². The van der Waals surface area contributed by atoms with Gasteiger partial charge in [0.05, 0.1) is 31.0 Å². The summed E-state index contributed by atoms with van der Waals surface area (Å²) in [6, 6.07) is 3.14. The summed E-state index contributed by atoms with van der Waals surface area (Å²) in [5, 5.41) is 9.80. The van der Waals surface area contributed by atoms with Crippen molar-refractivity contribution in [3.63, 3.8) is 0 Å². The predicted octanol–water partition coefficient (Wildman–Crippen LogP) is 2.17. The molecule has 0 unspecified atom stereocenters. The summed E-state index contributed by atoms with van der Waals surface area (Å²) in [7, 11) is 3.12. The third-order valence-corrected chi connectivity index (χ3v) is 4.69. The number of nitrogens with zero attached hydrogens (tertiary/aromatic N) is 2. The van der Waals surface area contributed by atoms with Gasteiger partial charge in [-0.25, -0.2) is 4.98 Å². The molecule has 7 heteroatoms. The van der Waals surface area contributed by atoms with Crippen molar-refractivity contribution in [1.29, 1.82) is 0 Å². The van der Waals surface area contributed by atoms with E-state index in [1.807, 2.05) is 13.8 Å². The molecule has 140 valence electrons. The number of phenols is 1. The van der Waals surface area contributed by atoms with E-state index in [2.05, 4.69) is 14.9 Å². The third kappa shape index (κ3) is 3.53. The van der Waals surface area contributed by atoms with Gasteiger partial charge in [-0.05, 0) is 0 Å². The number of methoxy groups -OCH3 is 2. The highest BCUT2D eigenvalue weighted by atomic mass is 16.5. The minimum Gasteiger partial charge on any atom is -0.508 e. The van der Waals surface area contributed by atoms with Crippen LogP contribution in [0.2, 0.25) is 0 Å². The Kier molecular flexibility index (Phi) is 5.18. The van der Waals surface area contributed by atoms with Crippen LogP contribution in [-0.4, -0.2) is 40.7 Å². The average Bonchev–Trinajstić information content (AvgIpc) is 2.62. The van der Waals surface area contributed by atoms with E-state index in [9.17, 15) is 9.90 Å². The Morgan fingerprint density at radius 2 is 1.92 bits per heavy atom. The second-order valence-corrected chi connectivity index (χ2v) is 6.82. The number of benzene rings is 1. The molecule has 1 aromatic carbocycles. The quantitative estimate of drug-likeness (QED) is 0.851. The molecule has 2 heterocycles. The lowest BCUT2D eigenvalue weighted by atomic mass is 10.0. The number of H-pyrrole nitrogens is 1. The summed E-state index contributed by atoms with van der Waals surface area (Å²) in [5.41, 5.74) is 2.39. The largest absolute Gasteiger partial charge is 0.508 e. The van der Waals surface area contributed by atoms with Crippen LogP contribution in [-0.2, 0) is 19.5 Å². The average molecular weight is 359 g/mol. The molecule has 0 spiro atoms. The molecule has 26 heavy (non-hydrogen) atoms. The van der Waals surface area contributed by atoms with Crippen LogP contribution in [0.5, 0.6) is 17.2 Å². The molecule has 1 aromatic heterocycles. The highest BCUT2D eigenvalue weighted by molar-refractivity contribution is 5.50. The number of ether oxygens (including phenoxy) is 2. The fraction of sp³-hybridized carbons (Fsp3) is 0.474. The number of aromatic nitrogens is 2. The van der Waals surface area contributed by atoms with Crippen LogP contribution in [0.3, 0.4) is 0 Å². The van der Waals surface area contributed by atoms with Crippen molar-refractivity contribution in [2.45, 2.75) is 39.3 Å². The molecule has 0 radical (unpaired) electrons. The SMILES string of the molecule is COc1cc(O)cc(OC)c1CN1CCc2nc(C(C)C)[nH]c(=O)c2C1. The lowest BCUT2D eigenvalue weighted by molar-refractivity contribution is 0.233. The number of aromatic hydroxyl groups is 1. The second-order valence-electron chi connectivity index (χ2n) is 6.82. The molecule has 0 bridgehead atoms. The maximum Gasteiger partial charge on any atom is 0.255 e. The van der Waals surface area contributed by atoms with Crippen LogP contribution in [0.25, 0.3) is 0 Å². The molecule has 0 amide bonds. The van der Waals surface area contributed by atoms with Gasteiger partial charge >= 0.3 is 0 Å². The summed E-state index contributed by atoms with van der Waals surface area (Å²) in [6.45, 7) is 5.89. The highest BCUT2D eigenvalue weighted by Crippen LogP contribution is 2.35. The number of aromatic amines is 1. The molecule has 0 saturated carbocycles. The summed E-state index contributed by atoms with van der Waals surface area (Å²) >= 11 is 0. The number of fused-ring (bicyclic) bond motifs is 1. The molecular weight excluding hydrogens is 334 g/mol. The summed E-state index contributed by atoms with van der Waals surface area (Å²) in [4.78, 5) is 22.2. The monoisotopic (exact) mass is 359 g/mol. The summed E-state index contributed by atoms with van der Waals surface area (Å²) < 4.78 is 10.8. The van der Waals surface area contributed by atoms with E-state index in [4.69, 9.17) is 9.47 Å². The van der Waals surface area contributed by atoms with Crippen LogP contribution in [0.15, 0.2) is 16.9 Å². The fourth-order valence-corrected chi connectivity index (χ4v) is 3.26. The van der Waals surface area contributed by atoms with E-state index in [1.165, 1.54) is 0 Å². The predicted molar refractivity (Wildman–Crippen MR) is 98.0 cm³/mol. The number of hydrogen-bond acceptors (Lipinski definition) is 6. The molecule has 3 rings (SSSR count). The third-order valence-electron chi connectivity index (χ3n) is 4.69. The first kappa shape index (κ1) is 18.3. The first-order chi connectivity index (χ1) is 12.4. The molecule has 1 aliphatic heterocycles. The van der Waals surface area contributed by atoms with Crippen molar-refractivity contribution in [3.8, 4) is 17.2 Å². The Bertz CT molecular complexity index is 835. The normalized spacial score (nSPS) is 14.3. The van der Waals surface area contributed by atoms with Gasteiger partial charge < -0.3 is 19.6 Å². The lowest BCUT2D eigenvalue weighted by Gasteiger charge is -2.29. The zero-order valence-corrected chi connectivity index (χ0v) is 15.6. The number of rotatable bonds is 5. The molecule has 0 atom stereocenters. The second kappa shape index (κ2) is 7.37. The Labute approximate surface area is 152 Å². The van der Waals surface area contributed by atoms with Gasteiger partial charge in [-0.2, -0.15) is 0 Å². The maximum atomic E-state index is 12.5. The first-order valence-corrected chi connectivity index (χ1v) is 8.71. The molecule has 0 saturated heterocycles. The van der Waals surface area contributed by atoms with Gasteiger partial charge in [0.25, 0.3) is 5.56 Å². The van der Waals surface area contributed by atoms with Gasteiger partial charge in [-0.3, -0.25) is 9.69 Å². The Hall–Kier alpha value is -2.54. The Balaban J connectivity index is 1.88. The Morgan fingerprint density at radius 3 is 2.50 bits per heavy atom. The van der Waals surface area contributed by atoms with Crippen LogP contribution in [0, 0.1) is 0 Å². The van der Waals surface area contributed by atoms with Crippen LogP contribution >= 0.6 is 0 Å². The van der Waals surface area contributed by atoms with Gasteiger partial charge in [0.1, 0.15) is 23.1 Å². The van der Waals surface area contributed by atoms with Gasteiger partial charge in [-0.15, -0.1) is 0 Å². The van der Waals surface area contributed by atoms with E-state index in [0.717, 1.165) is 35.6 Å². The molecule has 0 aliphatic carbocycles. The highest BCUT2D eigenvalue weighted by Gasteiger charge is 2.24. The zero-order chi connectivity index (χ0) is 18.8. The number of phenolic OH excluding ortho intramolecular Hbond substituents is 1. The van der Waals surface area contributed by atoms with E-state index in [0.29, 0.717) is 24.6 Å². The van der Waals surface area contributed by atoms with Gasteiger partial charge in [0.15, 0.2) is 0 Å². The van der Waals surface area contributed by atoms with E-state index in [1.54, 1.807) is 26.4 Å². The van der Waals surface area contributed by atoms with Gasteiger partial charge in [0.2, 0.25) is 0 Å². The molecule has 7 nitrogen and oxygen atoms in total. The Morgan fingerprint density at radius 1 is 1.27 bits per heavy atom. The van der Waals surface area contributed by atoms with E-state index >= 15 is 0 Å². The van der Waals surface area contributed by atoms with Crippen molar-refractivity contribution in [3.05, 3.63) is 45.1 Å². The van der Waals surface area contributed by atoms with Crippen molar-refractivity contribution < 1.29 is 14.6 Å². The molecule has 0 fully saturated rings. The minimum absolute atomic E-state index is 0.0620. The first-order valence-electron chi connectivity index (χ1n) is 8.71. The van der Waals surface area contributed by atoms with Crippen molar-refractivity contribution >= 4 is 0 Å². The molecule has 1 aliphatic rings. The van der Waals surface area contributed by atoms with Gasteiger partial charge in [0, 0.05) is 44.1 Å². The van der Waals surface area contributed by atoms with Crippen LogP contribution < -0.4 is 15.0 Å². The van der Waals surface area contributed by atoms with E-state index in [-0.39, 0.29) is 17.2 Å². The lowest BCUT2D eigenvalue weighted by Crippen LogP contribution is -2.36. The van der Waals surface area contributed by atoms with Crippen molar-refractivity contribution in [2.24, 2.45) is 0 Å². The number of hydrogen-bond donors (Lipinski definition) is 2. The molecular formula is C19H25N3O4. The molecule has 2 aromatic rings. The van der Waals surface area contributed by atoms with Crippen LogP contribution in [0.1, 0.15) is 42.4 Å². The van der Waals surface area contributed by atoms with E-state index < -0.39 is 0 Å². The topological polar surface area (TPSA) is 87.7 Å². The zero-order valence-electron chi connectivity index (χ0n) is 15.6. The maximum absolute atomic E-state index is 12.5. The summed E-state index contributed by atoms with van der Waals surface area (Å²) in [6.07, 6.45) is 0.724. The van der Waals surface area contributed by atoms with Gasteiger partial charge in [-0.1, -0.05) is 13.8 Å². The molecule has 2 N–H and O–H groups in total. The summed E-state index contributed by atoms with van der Waals surface area (Å²) in [5.74, 6) is 2.15. The standard InChI is InChI=1S/C19H25N3O4/c1-11(2)18-20-15-5-6-22(9-13(15)19(24)21-18)10-14-16(25-3)7-12(23)8-17(14)26-4/h7-8,11,23H,5-6,9-10H2,1-4H3,(H,20,21,24).